The van der Waals surface area contributed by atoms with Gasteiger partial charge in [-0.25, -0.2) is 14.2 Å². The van der Waals surface area contributed by atoms with Crippen molar-refractivity contribution >= 4 is 70.1 Å². The van der Waals surface area contributed by atoms with Gasteiger partial charge in [0.1, 0.15) is 24.5 Å². The number of ether oxygens (including phenoxy) is 1. The second kappa shape index (κ2) is 21.2. The number of esters is 1. The zero-order chi connectivity index (χ0) is 53.2. The Balaban J connectivity index is 0.908. The fraction of sp³-hybridized carbons (Fsp3) is 0.360. The molecule has 2 aromatic carbocycles. The van der Waals surface area contributed by atoms with Crippen molar-refractivity contribution in [3.8, 4) is 11.4 Å². The van der Waals surface area contributed by atoms with Gasteiger partial charge in [0.25, 0.3) is 17.4 Å². The van der Waals surface area contributed by atoms with E-state index in [0.29, 0.717) is 57.4 Å². The highest BCUT2D eigenvalue weighted by Crippen LogP contribution is 2.46. The molecule has 0 fully saturated rings. The first-order chi connectivity index (χ1) is 35.3. The minimum Gasteiger partial charge on any atom is -0.481 e. The number of carbonyl (C=O) groups excluding carboxylic acids is 9. The third-order valence-corrected chi connectivity index (χ3v) is 13.4. The summed E-state index contributed by atoms with van der Waals surface area (Å²) in [5, 5.41) is 36.0. The van der Waals surface area contributed by atoms with E-state index in [1.54, 1.807) is 44.2 Å². The van der Waals surface area contributed by atoms with E-state index in [2.05, 4.69) is 31.9 Å². The van der Waals surface area contributed by atoms with E-state index in [-0.39, 0.29) is 49.2 Å². The number of halogens is 1. The van der Waals surface area contributed by atoms with E-state index in [4.69, 9.17) is 9.72 Å². The molecule has 0 saturated heterocycles. The van der Waals surface area contributed by atoms with Gasteiger partial charge in [-0.2, -0.15) is 0 Å². The SMILES string of the molecule is CC[C@@]1(O)C(=O)OCc2c1cc1n(c2=O)Cc2c-1nc1cc(F)c(C)c3c1c2[C@@H](NC(=O)CNC(=O)[C@H](Cc1ccccc1)NC(=O)CNC(=O)CNC(=O)[C@H](CC(=O)O)NC(=O)CCN1C(=O)C=CC1=O)CC3. The molecule has 0 unspecified atom stereocenters. The van der Waals surface area contributed by atoms with Crippen molar-refractivity contribution in [3.63, 3.8) is 0 Å². The first-order valence-corrected chi connectivity index (χ1v) is 23.6. The molecular formula is C50H50FN9O14. The van der Waals surface area contributed by atoms with Crippen LogP contribution in [0.4, 0.5) is 4.39 Å². The maximum atomic E-state index is 15.4. The summed E-state index contributed by atoms with van der Waals surface area (Å²) in [5.74, 6) is -9.19. The molecule has 3 aliphatic heterocycles. The van der Waals surface area contributed by atoms with Crippen LogP contribution in [0.15, 0.2) is 59.4 Å². The molecule has 24 heteroatoms. The highest BCUT2D eigenvalue weighted by Gasteiger charge is 2.46. The van der Waals surface area contributed by atoms with Gasteiger partial charge >= 0.3 is 11.9 Å². The summed E-state index contributed by atoms with van der Waals surface area (Å²) in [6.45, 7) is 0.552. The van der Waals surface area contributed by atoms with E-state index < -0.39 is 127 Å². The molecule has 0 radical (unpaired) electrons. The summed E-state index contributed by atoms with van der Waals surface area (Å²) in [5.41, 5.74) is 1.36. The molecule has 4 aromatic rings. The molecule has 386 valence electrons. The number of nitrogens with zero attached hydrogens (tertiary/aromatic N) is 3. The number of cyclic esters (lactones) is 1. The lowest BCUT2D eigenvalue weighted by molar-refractivity contribution is -0.172. The number of imide groups is 1. The van der Waals surface area contributed by atoms with Gasteiger partial charge in [-0.05, 0) is 54.5 Å². The molecule has 4 aliphatic rings. The predicted molar refractivity (Wildman–Crippen MR) is 254 cm³/mol. The average Bonchev–Trinajstić information content (AvgIpc) is 3.91. The zero-order valence-electron chi connectivity index (χ0n) is 39.9. The zero-order valence-corrected chi connectivity index (χ0v) is 39.9. The number of carboxylic acids is 1. The first kappa shape index (κ1) is 51.7. The summed E-state index contributed by atoms with van der Waals surface area (Å²) in [6, 6.07) is 7.77. The Kier molecular flexibility index (Phi) is 14.8. The number of carbonyl (C=O) groups is 10. The van der Waals surface area contributed by atoms with Gasteiger partial charge in [-0.3, -0.25) is 52.8 Å². The van der Waals surface area contributed by atoms with Crippen molar-refractivity contribution in [2.75, 3.05) is 26.2 Å². The largest absolute Gasteiger partial charge is 0.481 e. The van der Waals surface area contributed by atoms with Crippen LogP contribution in [0.25, 0.3) is 22.3 Å². The lowest BCUT2D eigenvalue weighted by Crippen LogP contribution is -2.53. The molecule has 5 heterocycles. The molecule has 1 aliphatic carbocycles. The minimum atomic E-state index is -2.08. The van der Waals surface area contributed by atoms with E-state index in [1.807, 2.05) is 0 Å². The number of amides is 8. The normalized spacial score (nSPS) is 17.8. The van der Waals surface area contributed by atoms with Crippen LogP contribution in [0.2, 0.25) is 0 Å². The summed E-state index contributed by atoms with van der Waals surface area (Å²) in [4.78, 5) is 146. The topological polar surface area (TPSA) is 331 Å². The second-order valence-electron chi connectivity index (χ2n) is 18.1. The average molecular weight is 1020 g/mol. The van der Waals surface area contributed by atoms with Crippen LogP contribution in [0.5, 0.6) is 0 Å². The van der Waals surface area contributed by atoms with E-state index in [9.17, 15) is 63.0 Å². The highest BCUT2D eigenvalue weighted by molar-refractivity contribution is 6.13. The number of hydrogen-bond donors (Lipinski definition) is 8. The summed E-state index contributed by atoms with van der Waals surface area (Å²) in [7, 11) is 0. The lowest BCUT2D eigenvalue weighted by atomic mass is 9.81. The van der Waals surface area contributed by atoms with Crippen LogP contribution in [0.1, 0.15) is 77.6 Å². The molecule has 0 spiro atoms. The molecule has 0 bridgehead atoms. The number of pyridine rings is 2. The van der Waals surface area contributed by atoms with E-state index in [1.165, 1.54) is 16.7 Å². The smallest absolute Gasteiger partial charge is 0.343 e. The molecule has 4 atom stereocenters. The number of aliphatic hydroxyl groups is 1. The third kappa shape index (κ3) is 10.5. The molecular weight excluding hydrogens is 970 g/mol. The number of carboxylic acid groups (broad SMARTS) is 1. The summed E-state index contributed by atoms with van der Waals surface area (Å²) >= 11 is 0. The van der Waals surface area contributed by atoms with Crippen LogP contribution >= 0.6 is 0 Å². The number of nitrogens with one attached hydrogen (secondary N) is 6. The number of fused-ring (bicyclic) bond motifs is 5. The fourth-order valence-electron chi connectivity index (χ4n) is 9.59. The minimum absolute atomic E-state index is 0.00404. The van der Waals surface area contributed by atoms with Crippen molar-refractivity contribution in [2.24, 2.45) is 0 Å². The molecule has 0 saturated carbocycles. The van der Waals surface area contributed by atoms with Crippen LogP contribution in [-0.2, 0) is 84.3 Å². The Morgan fingerprint density at radius 2 is 1.51 bits per heavy atom. The van der Waals surface area contributed by atoms with Gasteiger partial charge in [0.2, 0.25) is 35.4 Å². The Bertz CT molecular complexity index is 3160. The molecule has 2 aromatic heterocycles. The van der Waals surface area contributed by atoms with Gasteiger partial charge in [0, 0.05) is 54.1 Å². The van der Waals surface area contributed by atoms with Crippen molar-refractivity contribution in [1.82, 2.24) is 46.4 Å². The quantitative estimate of drug-likeness (QED) is 0.0363. The fourth-order valence-corrected chi connectivity index (χ4v) is 9.59. The van der Waals surface area contributed by atoms with Crippen molar-refractivity contribution in [1.29, 1.82) is 0 Å². The number of benzene rings is 2. The maximum Gasteiger partial charge on any atom is 0.343 e. The molecule has 8 amide bonds. The summed E-state index contributed by atoms with van der Waals surface area (Å²) in [6.07, 6.45) is 1.25. The number of aliphatic carboxylic acids is 1. The third-order valence-electron chi connectivity index (χ3n) is 13.4. The van der Waals surface area contributed by atoms with Crippen molar-refractivity contribution < 1.29 is 67.3 Å². The Hall–Kier alpha value is -8.67. The van der Waals surface area contributed by atoms with Gasteiger partial charge in [-0.1, -0.05) is 37.3 Å². The number of aromatic nitrogens is 2. The first-order valence-electron chi connectivity index (χ1n) is 23.6. The number of aryl methyl sites for hydroxylation is 1. The van der Waals surface area contributed by atoms with Gasteiger partial charge in [0.15, 0.2) is 5.60 Å². The predicted octanol–water partition coefficient (Wildman–Crippen LogP) is -1.02. The van der Waals surface area contributed by atoms with Gasteiger partial charge in [0.05, 0.1) is 61.1 Å². The van der Waals surface area contributed by atoms with Gasteiger partial charge in [-0.15, -0.1) is 0 Å². The van der Waals surface area contributed by atoms with E-state index in [0.717, 1.165) is 17.1 Å². The van der Waals surface area contributed by atoms with Crippen molar-refractivity contribution in [3.05, 3.63) is 110 Å². The molecule has 23 nitrogen and oxygen atoms in total. The van der Waals surface area contributed by atoms with Gasteiger partial charge < -0.3 is 51.4 Å². The number of hydrogen-bond acceptors (Lipinski definition) is 14. The monoisotopic (exact) mass is 1020 g/mol. The lowest BCUT2D eigenvalue weighted by Gasteiger charge is -2.31. The Morgan fingerprint density at radius 1 is 0.851 bits per heavy atom. The Morgan fingerprint density at radius 3 is 2.20 bits per heavy atom. The van der Waals surface area contributed by atoms with Crippen LogP contribution in [0, 0.1) is 12.7 Å². The highest BCUT2D eigenvalue weighted by atomic mass is 19.1. The van der Waals surface area contributed by atoms with Crippen LogP contribution < -0.4 is 37.5 Å². The molecule has 74 heavy (non-hydrogen) atoms. The maximum absolute atomic E-state index is 15.4. The van der Waals surface area contributed by atoms with Crippen LogP contribution in [-0.4, -0.2) is 122 Å². The van der Waals surface area contributed by atoms with Crippen molar-refractivity contribution in [2.45, 2.75) is 89.3 Å². The number of rotatable bonds is 19. The molecule has 8 N–H and O–H groups in total. The van der Waals surface area contributed by atoms with Crippen LogP contribution in [0.3, 0.4) is 0 Å². The summed E-state index contributed by atoms with van der Waals surface area (Å²) < 4.78 is 22.1. The molecule has 8 rings (SSSR count). The van der Waals surface area contributed by atoms with E-state index >= 15 is 4.39 Å². The second-order valence-corrected chi connectivity index (χ2v) is 18.1. The Labute approximate surface area is 419 Å². The standard InChI is InChI=1S/C50H50FN9O14/c1-3-50(73)29-16-35-45-27(22-60(35)48(71)28(29)23-74-49(50)72)44-31(10-9-26-24(2)30(51)17-32(58-45)43(26)44)55-39(64)21-54-46(69)33(15-25-7-5-4-6-8-25)57-38(63)20-52-37(62)19-53-47(70)34(18-42(67)68)56-36(61)13-14-59-40(65)11-12-41(59)66/h4-8,11-12,16-17,31,33-34,73H,3,9-10,13-15,18-23H2,1-2H3,(H,52,62)(H,53,70)(H,54,69)(H,55,64)(H,56,61)(H,57,63)(H,67,68)/t31-,33-,34-,50-/m0/s1.